The van der Waals surface area contributed by atoms with Gasteiger partial charge in [0.05, 0.1) is 23.6 Å². The highest BCUT2D eigenvalue weighted by atomic mass is 32.2. The third-order valence-corrected chi connectivity index (χ3v) is 6.03. The fourth-order valence-corrected chi connectivity index (χ4v) is 4.31. The van der Waals surface area contributed by atoms with E-state index in [9.17, 15) is 9.59 Å². The van der Waals surface area contributed by atoms with E-state index >= 15 is 0 Å². The van der Waals surface area contributed by atoms with E-state index in [0.717, 1.165) is 23.4 Å². The molecule has 1 aromatic carbocycles. The summed E-state index contributed by atoms with van der Waals surface area (Å²) in [5.41, 5.74) is 1.43. The van der Waals surface area contributed by atoms with Gasteiger partial charge in [-0.05, 0) is 31.0 Å². The Bertz CT molecular complexity index is 756. The molecule has 0 bridgehead atoms. The molecule has 0 unspecified atom stereocenters. The number of H-pyrrole nitrogens is 1. The van der Waals surface area contributed by atoms with Crippen molar-refractivity contribution in [1.29, 1.82) is 0 Å². The number of nitrogens with one attached hydrogen (secondary N) is 3. The number of thioether (sulfide) groups is 1. The van der Waals surface area contributed by atoms with E-state index in [-0.39, 0.29) is 11.8 Å². The molecule has 7 heteroatoms. The van der Waals surface area contributed by atoms with Crippen LogP contribution in [0.25, 0.3) is 0 Å². The number of carbonyl (C=O) groups is 2. The molecular formula is C21H28N4O2S. The van der Waals surface area contributed by atoms with Gasteiger partial charge in [0.25, 0.3) is 5.91 Å². The lowest BCUT2D eigenvalue weighted by atomic mass is 9.97. The van der Waals surface area contributed by atoms with Crippen LogP contribution in [0.4, 0.5) is 0 Å². The highest BCUT2D eigenvalue weighted by molar-refractivity contribution is 8.00. The van der Waals surface area contributed by atoms with Gasteiger partial charge in [0, 0.05) is 17.1 Å². The second kappa shape index (κ2) is 10.9. The summed E-state index contributed by atoms with van der Waals surface area (Å²) in [6.45, 7) is 0.389. The maximum atomic E-state index is 12.5. The average Bonchev–Trinajstić information content (AvgIpc) is 3.20. The van der Waals surface area contributed by atoms with Gasteiger partial charge in [-0.25, -0.2) is 0 Å². The van der Waals surface area contributed by atoms with Crippen LogP contribution in [0.15, 0.2) is 41.4 Å². The van der Waals surface area contributed by atoms with E-state index in [1.165, 1.54) is 43.9 Å². The van der Waals surface area contributed by atoms with Crippen LogP contribution < -0.4 is 10.6 Å². The molecule has 0 aliphatic heterocycles. The van der Waals surface area contributed by atoms with Gasteiger partial charge in [-0.3, -0.25) is 14.7 Å². The topological polar surface area (TPSA) is 86.9 Å². The summed E-state index contributed by atoms with van der Waals surface area (Å²) in [5.74, 6) is 0.211. The maximum Gasteiger partial charge on any atom is 0.252 e. The lowest BCUT2D eigenvalue weighted by molar-refractivity contribution is -0.119. The van der Waals surface area contributed by atoms with Crippen molar-refractivity contribution in [2.24, 2.45) is 0 Å². The Kier molecular flexibility index (Phi) is 7.96. The fraction of sp³-hybridized carbons (Fsp3) is 0.476. The van der Waals surface area contributed by atoms with E-state index in [4.69, 9.17) is 0 Å². The van der Waals surface area contributed by atoms with Gasteiger partial charge in [0.15, 0.2) is 0 Å². The van der Waals surface area contributed by atoms with Crippen LogP contribution in [0.1, 0.15) is 61.0 Å². The molecule has 1 fully saturated rings. The second-order valence-electron chi connectivity index (χ2n) is 7.16. The Morgan fingerprint density at radius 3 is 2.57 bits per heavy atom. The van der Waals surface area contributed by atoms with Crippen molar-refractivity contribution >= 4 is 23.6 Å². The van der Waals surface area contributed by atoms with Crippen molar-refractivity contribution in [3.63, 3.8) is 0 Å². The molecule has 1 aromatic heterocycles. The van der Waals surface area contributed by atoms with Gasteiger partial charge in [-0.1, -0.05) is 44.2 Å². The summed E-state index contributed by atoms with van der Waals surface area (Å²) >= 11 is 1.41. The average molecular weight is 401 g/mol. The van der Waals surface area contributed by atoms with Gasteiger partial charge >= 0.3 is 0 Å². The van der Waals surface area contributed by atoms with E-state index in [1.807, 2.05) is 24.3 Å². The first-order valence-electron chi connectivity index (χ1n) is 10.00. The molecule has 0 saturated heterocycles. The SMILES string of the molecule is O=C(CSc1ccccc1C(=O)NCc1ccn[nH]1)NC1CCCCCCC1. The fourth-order valence-electron chi connectivity index (χ4n) is 3.45. The number of nitrogens with zero attached hydrogens (tertiary/aromatic N) is 1. The minimum atomic E-state index is -0.155. The molecular weight excluding hydrogens is 372 g/mol. The predicted octanol–water partition coefficient (Wildman–Crippen LogP) is 3.66. The zero-order valence-corrected chi connectivity index (χ0v) is 16.9. The van der Waals surface area contributed by atoms with Crippen molar-refractivity contribution in [3.8, 4) is 0 Å². The lowest BCUT2D eigenvalue weighted by Crippen LogP contribution is -2.36. The van der Waals surface area contributed by atoms with Gasteiger partial charge < -0.3 is 10.6 Å². The molecule has 0 atom stereocenters. The van der Waals surface area contributed by atoms with Crippen LogP contribution in [-0.4, -0.2) is 33.8 Å². The Hall–Kier alpha value is -2.28. The molecule has 0 radical (unpaired) electrons. The predicted molar refractivity (Wildman–Crippen MR) is 111 cm³/mol. The molecule has 1 aliphatic rings. The first-order chi connectivity index (χ1) is 13.7. The van der Waals surface area contributed by atoms with E-state index < -0.39 is 0 Å². The van der Waals surface area contributed by atoms with E-state index in [0.29, 0.717) is 23.9 Å². The highest BCUT2D eigenvalue weighted by Crippen LogP contribution is 2.23. The summed E-state index contributed by atoms with van der Waals surface area (Å²) in [6.07, 6.45) is 10.0. The van der Waals surface area contributed by atoms with Crippen LogP contribution in [0.3, 0.4) is 0 Å². The first kappa shape index (κ1) is 20.5. The summed E-state index contributed by atoms with van der Waals surface area (Å²) in [7, 11) is 0. The normalized spacial score (nSPS) is 15.4. The van der Waals surface area contributed by atoms with E-state index in [1.54, 1.807) is 12.3 Å². The van der Waals surface area contributed by atoms with Crippen molar-refractivity contribution in [3.05, 3.63) is 47.8 Å². The third kappa shape index (κ3) is 6.41. The summed E-state index contributed by atoms with van der Waals surface area (Å²) in [4.78, 5) is 25.8. The number of aromatic amines is 1. The van der Waals surface area contributed by atoms with Crippen molar-refractivity contribution in [1.82, 2.24) is 20.8 Å². The number of carbonyl (C=O) groups excluding carboxylic acids is 2. The zero-order valence-electron chi connectivity index (χ0n) is 16.1. The Morgan fingerprint density at radius 1 is 1.07 bits per heavy atom. The molecule has 3 N–H and O–H groups in total. The molecule has 1 heterocycles. The molecule has 3 rings (SSSR count). The molecule has 0 spiro atoms. The standard InChI is InChI=1S/C21H28N4O2S/c26-20(24-16-8-4-2-1-3-5-9-16)15-28-19-11-7-6-10-18(19)21(27)22-14-17-12-13-23-25-17/h6-7,10-13,16H,1-5,8-9,14-15H2,(H,22,27)(H,23,25)(H,24,26). The monoisotopic (exact) mass is 400 g/mol. The van der Waals surface area contributed by atoms with Crippen molar-refractivity contribution in [2.45, 2.75) is 62.4 Å². The summed E-state index contributed by atoms with van der Waals surface area (Å²) in [6, 6.07) is 9.52. The molecule has 6 nitrogen and oxygen atoms in total. The zero-order chi connectivity index (χ0) is 19.6. The van der Waals surface area contributed by atoms with Gasteiger partial charge in [0.1, 0.15) is 0 Å². The van der Waals surface area contributed by atoms with E-state index in [2.05, 4.69) is 20.8 Å². The minimum Gasteiger partial charge on any atom is -0.353 e. The number of amides is 2. The van der Waals surface area contributed by atoms with Gasteiger partial charge in [-0.15, -0.1) is 11.8 Å². The molecule has 28 heavy (non-hydrogen) atoms. The van der Waals surface area contributed by atoms with Crippen LogP contribution >= 0.6 is 11.8 Å². The van der Waals surface area contributed by atoms with Crippen LogP contribution in [0.5, 0.6) is 0 Å². The second-order valence-corrected chi connectivity index (χ2v) is 8.18. The summed E-state index contributed by atoms with van der Waals surface area (Å²) in [5, 5.41) is 12.8. The Morgan fingerprint density at radius 2 is 1.82 bits per heavy atom. The lowest BCUT2D eigenvalue weighted by Gasteiger charge is -2.21. The van der Waals surface area contributed by atoms with Gasteiger partial charge in [-0.2, -0.15) is 5.10 Å². The van der Waals surface area contributed by atoms with Crippen LogP contribution in [-0.2, 0) is 11.3 Å². The molecule has 2 amide bonds. The van der Waals surface area contributed by atoms with Crippen LogP contribution in [0, 0.1) is 0 Å². The van der Waals surface area contributed by atoms with Crippen molar-refractivity contribution in [2.75, 3.05) is 5.75 Å². The first-order valence-corrected chi connectivity index (χ1v) is 11.0. The summed E-state index contributed by atoms with van der Waals surface area (Å²) < 4.78 is 0. The van der Waals surface area contributed by atoms with Gasteiger partial charge in [0.2, 0.25) is 5.91 Å². The molecule has 150 valence electrons. The minimum absolute atomic E-state index is 0.0447. The maximum absolute atomic E-state index is 12.5. The quantitative estimate of drug-likeness (QED) is 0.619. The number of hydrogen-bond donors (Lipinski definition) is 3. The van der Waals surface area contributed by atoms with Crippen molar-refractivity contribution < 1.29 is 9.59 Å². The molecule has 1 aliphatic carbocycles. The number of hydrogen-bond acceptors (Lipinski definition) is 4. The molecule has 2 aromatic rings. The molecule has 1 saturated carbocycles. The third-order valence-electron chi connectivity index (χ3n) is 4.96. The highest BCUT2D eigenvalue weighted by Gasteiger charge is 2.16. The largest absolute Gasteiger partial charge is 0.353 e. The number of rotatable bonds is 7. The van der Waals surface area contributed by atoms with Crippen LogP contribution in [0.2, 0.25) is 0 Å². The smallest absolute Gasteiger partial charge is 0.252 e. The number of aromatic nitrogens is 2. The number of benzene rings is 1. The Labute approximate surface area is 170 Å². The Balaban J connectivity index is 1.51.